The number of nitrogens with one attached hydrogen (secondary N) is 1. The van der Waals surface area contributed by atoms with Crippen LogP contribution in [0.25, 0.3) is 0 Å². The molecule has 2 saturated heterocycles. The lowest BCUT2D eigenvalue weighted by Crippen LogP contribution is -2.58. The lowest BCUT2D eigenvalue weighted by molar-refractivity contribution is -0.181. The first-order valence-corrected chi connectivity index (χ1v) is 9.34. The van der Waals surface area contributed by atoms with Crippen LogP contribution >= 0.6 is 24.0 Å². The number of hydrogen-bond donors (Lipinski definition) is 1. The van der Waals surface area contributed by atoms with Crippen molar-refractivity contribution in [1.29, 1.82) is 0 Å². The Bertz CT molecular complexity index is 472. The maximum absolute atomic E-state index is 12.9. The predicted octanol–water partition coefficient (Wildman–Crippen LogP) is 1.86. The first-order valence-electron chi connectivity index (χ1n) is 9.34. The van der Waals surface area contributed by atoms with Crippen LogP contribution in [0.15, 0.2) is 4.99 Å². The third kappa shape index (κ3) is 6.90. The predicted molar refractivity (Wildman–Crippen MR) is 112 cm³/mol. The molecule has 2 aliphatic heterocycles. The Labute approximate surface area is 177 Å². The summed E-state index contributed by atoms with van der Waals surface area (Å²) in [5.41, 5.74) is 0. The van der Waals surface area contributed by atoms with Gasteiger partial charge in [0.15, 0.2) is 5.96 Å². The summed E-state index contributed by atoms with van der Waals surface area (Å²) in [5.74, 6) is 0.761. The molecule has 0 amide bonds. The highest BCUT2D eigenvalue weighted by atomic mass is 127. The van der Waals surface area contributed by atoms with Crippen molar-refractivity contribution in [3.63, 3.8) is 0 Å². The van der Waals surface area contributed by atoms with Crippen LogP contribution in [0.4, 0.5) is 13.2 Å². The standard InChI is InChI=1S/C17H32F3N5O.HI/c1-13(25-9-10-26-12-14(25)2)11-22-16(21-4)24-7-5-23(6-8-24)15(3)17(18,19)20;/h13-15H,5-12H2,1-4H3,(H,21,22);1H. The van der Waals surface area contributed by atoms with E-state index in [2.05, 4.69) is 29.1 Å². The fraction of sp³-hybridized carbons (Fsp3) is 0.941. The van der Waals surface area contributed by atoms with Crippen molar-refractivity contribution in [2.45, 2.75) is 45.1 Å². The molecule has 3 atom stereocenters. The van der Waals surface area contributed by atoms with Crippen LogP contribution in [-0.2, 0) is 4.74 Å². The van der Waals surface area contributed by atoms with E-state index in [1.807, 2.05) is 4.90 Å². The van der Waals surface area contributed by atoms with E-state index >= 15 is 0 Å². The monoisotopic (exact) mass is 507 g/mol. The molecule has 2 fully saturated rings. The summed E-state index contributed by atoms with van der Waals surface area (Å²) in [4.78, 5) is 10.2. The van der Waals surface area contributed by atoms with Crippen LogP contribution < -0.4 is 5.32 Å². The molecule has 0 aliphatic carbocycles. The number of alkyl halides is 3. The molecule has 6 nitrogen and oxygen atoms in total. The number of hydrogen-bond acceptors (Lipinski definition) is 4. The molecule has 0 bridgehead atoms. The van der Waals surface area contributed by atoms with Gasteiger partial charge in [0.05, 0.1) is 13.2 Å². The Balaban J connectivity index is 0.00000364. The molecule has 27 heavy (non-hydrogen) atoms. The SMILES string of the molecule is CN=C(NCC(C)N1CCOCC1C)N1CCN(C(C)C(F)(F)F)CC1.I. The number of halogens is 4. The zero-order valence-corrected chi connectivity index (χ0v) is 19.0. The normalized spacial score (nSPS) is 25.7. The maximum atomic E-state index is 12.9. The van der Waals surface area contributed by atoms with Crippen molar-refractivity contribution in [3.8, 4) is 0 Å². The summed E-state index contributed by atoms with van der Waals surface area (Å²) in [6, 6.07) is -0.686. The summed E-state index contributed by atoms with van der Waals surface area (Å²) in [6.45, 7) is 10.6. The van der Waals surface area contributed by atoms with Gasteiger partial charge in [0.25, 0.3) is 0 Å². The van der Waals surface area contributed by atoms with E-state index in [9.17, 15) is 13.2 Å². The molecule has 0 aromatic rings. The average Bonchev–Trinajstić information content (AvgIpc) is 2.61. The highest BCUT2D eigenvalue weighted by molar-refractivity contribution is 14.0. The van der Waals surface area contributed by atoms with Gasteiger partial charge in [0.2, 0.25) is 0 Å². The highest BCUT2D eigenvalue weighted by Gasteiger charge is 2.41. The highest BCUT2D eigenvalue weighted by Crippen LogP contribution is 2.25. The number of guanidine groups is 1. The van der Waals surface area contributed by atoms with E-state index in [1.54, 1.807) is 7.05 Å². The molecule has 0 aromatic carbocycles. The van der Waals surface area contributed by atoms with Crippen LogP contribution in [0.1, 0.15) is 20.8 Å². The third-order valence-electron chi connectivity index (χ3n) is 5.39. The Kier molecular flexibility index (Phi) is 10.1. The summed E-state index contributed by atoms with van der Waals surface area (Å²) in [7, 11) is 1.72. The van der Waals surface area contributed by atoms with Crippen molar-refractivity contribution < 1.29 is 17.9 Å². The maximum Gasteiger partial charge on any atom is 0.403 e. The van der Waals surface area contributed by atoms with Crippen molar-refractivity contribution >= 4 is 29.9 Å². The largest absolute Gasteiger partial charge is 0.403 e. The fourth-order valence-corrected chi connectivity index (χ4v) is 3.61. The van der Waals surface area contributed by atoms with Crippen LogP contribution in [0.5, 0.6) is 0 Å². The lowest BCUT2D eigenvalue weighted by atomic mass is 10.2. The topological polar surface area (TPSA) is 43.3 Å². The Morgan fingerprint density at radius 2 is 1.81 bits per heavy atom. The number of rotatable bonds is 4. The molecule has 2 rings (SSSR count). The average molecular weight is 507 g/mol. The number of piperazine rings is 1. The van der Waals surface area contributed by atoms with E-state index in [4.69, 9.17) is 4.74 Å². The second-order valence-electron chi connectivity index (χ2n) is 7.18. The lowest BCUT2D eigenvalue weighted by Gasteiger charge is -2.41. The molecule has 1 N–H and O–H groups in total. The first kappa shape index (κ1) is 24.7. The minimum atomic E-state index is -4.17. The second-order valence-corrected chi connectivity index (χ2v) is 7.18. The van der Waals surface area contributed by atoms with Gasteiger partial charge in [-0.3, -0.25) is 14.8 Å². The molecule has 0 radical (unpaired) electrons. The van der Waals surface area contributed by atoms with Gasteiger partial charge >= 0.3 is 6.18 Å². The molecule has 2 heterocycles. The van der Waals surface area contributed by atoms with E-state index in [-0.39, 0.29) is 24.0 Å². The second kappa shape index (κ2) is 11.0. The van der Waals surface area contributed by atoms with Gasteiger partial charge < -0.3 is 15.0 Å². The summed E-state index contributed by atoms with van der Waals surface area (Å²) in [6.07, 6.45) is -4.17. The first-order chi connectivity index (χ1) is 12.2. The fourth-order valence-electron chi connectivity index (χ4n) is 3.61. The number of morpholine rings is 1. The molecule has 3 unspecified atom stereocenters. The van der Waals surface area contributed by atoms with Crippen molar-refractivity contribution in [1.82, 2.24) is 20.0 Å². The van der Waals surface area contributed by atoms with E-state index in [0.29, 0.717) is 38.3 Å². The van der Waals surface area contributed by atoms with Gasteiger partial charge in [-0.25, -0.2) is 0 Å². The number of aliphatic imine (C=N–C) groups is 1. The van der Waals surface area contributed by atoms with Crippen LogP contribution in [0.2, 0.25) is 0 Å². The van der Waals surface area contributed by atoms with Gasteiger partial charge in [-0.1, -0.05) is 0 Å². The van der Waals surface area contributed by atoms with Crippen molar-refractivity contribution in [2.24, 2.45) is 4.99 Å². The molecular formula is C17H33F3IN5O. The smallest absolute Gasteiger partial charge is 0.379 e. The molecule has 0 saturated carbocycles. The van der Waals surface area contributed by atoms with Gasteiger partial charge in [-0.05, 0) is 20.8 Å². The van der Waals surface area contributed by atoms with Gasteiger partial charge in [0.1, 0.15) is 6.04 Å². The van der Waals surface area contributed by atoms with Gasteiger partial charge in [0, 0.05) is 58.4 Å². The summed E-state index contributed by atoms with van der Waals surface area (Å²) in [5, 5.41) is 3.38. The zero-order valence-electron chi connectivity index (χ0n) is 16.6. The number of ether oxygens (including phenoxy) is 1. The molecule has 0 aromatic heterocycles. The van der Waals surface area contributed by atoms with Crippen molar-refractivity contribution in [3.05, 3.63) is 0 Å². The van der Waals surface area contributed by atoms with Crippen LogP contribution in [0, 0.1) is 0 Å². The van der Waals surface area contributed by atoms with E-state index in [0.717, 1.165) is 32.3 Å². The molecule has 2 aliphatic rings. The van der Waals surface area contributed by atoms with E-state index < -0.39 is 12.2 Å². The number of nitrogens with zero attached hydrogens (tertiary/aromatic N) is 4. The van der Waals surface area contributed by atoms with Crippen LogP contribution in [0.3, 0.4) is 0 Å². The zero-order chi connectivity index (χ0) is 19.3. The van der Waals surface area contributed by atoms with Crippen LogP contribution in [-0.4, -0.2) is 104 Å². The minimum Gasteiger partial charge on any atom is -0.379 e. The Morgan fingerprint density at radius 3 is 2.33 bits per heavy atom. The quantitative estimate of drug-likeness (QED) is 0.358. The molecule has 10 heteroatoms. The summed E-state index contributed by atoms with van der Waals surface area (Å²) >= 11 is 0. The molecular weight excluding hydrogens is 474 g/mol. The Morgan fingerprint density at radius 1 is 1.19 bits per heavy atom. The molecule has 0 spiro atoms. The third-order valence-corrected chi connectivity index (χ3v) is 5.39. The van der Waals surface area contributed by atoms with Crippen molar-refractivity contribution in [2.75, 3.05) is 59.5 Å². The van der Waals surface area contributed by atoms with Gasteiger partial charge in [-0.15, -0.1) is 24.0 Å². The van der Waals surface area contributed by atoms with E-state index in [1.165, 1.54) is 11.8 Å². The van der Waals surface area contributed by atoms with Gasteiger partial charge in [-0.2, -0.15) is 13.2 Å². The minimum absolute atomic E-state index is 0. The Hall–Kier alpha value is -0.330. The summed E-state index contributed by atoms with van der Waals surface area (Å²) < 4.78 is 44.1. The molecule has 160 valence electrons.